The fourth-order valence-electron chi connectivity index (χ4n) is 6.98. The van der Waals surface area contributed by atoms with E-state index in [0.717, 1.165) is 45.7 Å². The molecule has 0 aromatic heterocycles. The lowest BCUT2D eigenvalue weighted by Crippen LogP contribution is -2.64. The lowest BCUT2D eigenvalue weighted by Gasteiger charge is -2.52. The van der Waals surface area contributed by atoms with Crippen LogP contribution >= 0.6 is 0 Å². The van der Waals surface area contributed by atoms with Crippen LogP contribution < -0.4 is 21.5 Å². The fourth-order valence-corrected chi connectivity index (χ4v) is 6.98. The van der Waals surface area contributed by atoms with Crippen molar-refractivity contribution in [2.45, 2.75) is 50.1 Å². The number of hydrogen-bond donors (Lipinski definition) is 4. The van der Waals surface area contributed by atoms with Crippen molar-refractivity contribution >= 4 is 0 Å². The maximum atomic E-state index is 5.77. The van der Waals surface area contributed by atoms with Crippen molar-refractivity contribution in [2.24, 2.45) is 29.6 Å². The van der Waals surface area contributed by atoms with E-state index in [1.165, 1.54) is 18.4 Å². The van der Waals surface area contributed by atoms with E-state index in [0.29, 0.717) is 47.7 Å². The normalized spacial score (nSPS) is 42.9. The summed E-state index contributed by atoms with van der Waals surface area (Å²) in [5.74, 6) is 2.93. The Morgan fingerprint density at radius 1 is 0.906 bits per heavy atom. The summed E-state index contributed by atoms with van der Waals surface area (Å²) in [6.45, 7) is 4.71. The van der Waals surface area contributed by atoms with Crippen LogP contribution in [0.5, 0.6) is 0 Å². The molecule has 6 rings (SSSR count). The molecule has 6 heteroatoms. The van der Waals surface area contributed by atoms with Crippen molar-refractivity contribution in [3.63, 3.8) is 0 Å². The Hall–Kier alpha value is -1.28. The van der Waals surface area contributed by atoms with Crippen molar-refractivity contribution in [3.8, 4) is 0 Å². The summed E-state index contributed by atoms with van der Waals surface area (Å²) in [7, 11) is 0. The van der Waals surface area contributed by atoms with E-state index in [4.69, 9.17) is 9.47 Å². The molecule has 0 amide bonds. The minimum absolute atomic E-state index is 0.0613. The van der Waals surface area contributed by atoms with Gasteiger partial charge in [0.15, 0.2) is 6.29 Å². The van der Waals surface area contributed by atoms with Crippen LogP contribution in [0.2, 0.25) is 0 Å². The maximum absolute atomic E-state index is 5.77. The Balaban J connectivity index is 1.22. The second-order valence-corrected chi connectivity index (χ2v) is 10.4. The molecule has 0 radical (unpaired) electrons. The molecule has 32 heavy (non-hydrogen) atoms. The molecule has 4 fully saturated rings. The predicted octanol–water partition coefficient (Wildman–Crippen LogP) is 2.04. The zero-order valence-corrected chi connectivity index (χ0v) is 18.9. The molecule has 4 N–H and O–H groups in total. The molecule has 7 atom stereocenters. The fraction of sp³-hybridized carbons (Fsp3) is 0.692. The van der Waals surface area contributed by atoms with E-state index in [-0.39, 0.29) is 6.29 Å². The van der Waals surface area contributed by atoms with Crippen LogP contribution in [0, 0.1) is 29.6 Å². The highest BCUT2D eigenvalue weighted by Crippen LogP contribution is 2.42. The third kappa shape index (κ3) is 4.17. The van der Waals surface area contributed by atoms with Gasteiger partial charge in [-0.15, -0.1) is 0 Å². The Morgan fingerprint density at radius 2 is 1.78 bits per heavy atom. The van der Waals surface area contributed by atoms with E-state index in [1.54, 1.807) is 0 Å². The Labute approximate surface area is 191 Å². The smallest absolute Gasteiger partial charge is 0.164 e. The molecule has 6 aliphatic rings. The number of ether oxygens (including phenoxy) is 2. The molecule has 174 valence electrons. The third-order valence-corrected chi connectivity index (χ3v) is 8.62. The Bertz CT molecular complexity index is 781. The van der Waals surface area contributed by atoms with Gasteiger partial charge >= 0.3 is 0 Å². The zero-order chi connectivity index (χ0) is 21.3. The molecule has 0 aromatic rings. The summed E-state index contributed by atoms with van der Waals surface area (Å²) in [5.41, 5.74) is 8.19. The van der Waals surface area contributed by atoms with E-state index in [9.17, 15) is 0 Å². The molecule has 4 saturated heterocycles. The highest BCUT2D eigenvalue weighted by Gasteiger charge is 2.47. The van der Waals surface area contributed by atoms with Gasteiger partial charge in [0.25, 0.3) is 0 Å². The van der Waals surface area contributed by atoms with Crippen LogP contribution in [0.3, 0.4) is 0 Å². The third-order valence-electron chi connectivity index (χ3n) is 8.62. The molecular formula is C26H38N4O2. The summed E-state index contributed by atoms with van der Waals surface area (Å²) in [6, 6.07) is 1.62. The molecule has 0 bridgehead atoms. The van der Waals surface area contributed by atoms with Crippen LogP contribution in [-0.4, -0.2) is 57.3 Å². The lowest BCUT2D eigenvalue weighted by atomic mass is 9.65. The summed E-state index contributed by atoms with van der Waals surface area (Å²) in [5, 5.41) is 8.10. The summed E-state index contributed by atoms with van der Waals surface area (Å²) >= 11 is 0. The second kappa shape index (κ2) is 9.53. The van der Waals surface area contributed by atoms with Gasteiger partial charge in [0.05, 0.1) is 13.2 Å². The summed E-state index contributed by atoms with van der Waals surface area (Å²) in [4.78, 5) is 0. The molecule has 0 aromatic carbocycles. The molecule has 4 aliphatic heterocycles. The molecular weight excluding hydrogens is 400 g/mol. The number of rotatable bonds is 4. The van der Waals surface area contributed by atoms with E-state index in [1.807, 2.05) is 0 Å². The number of hydrogen-bond acceptors (Lipinski definition) is 6. The van der Waals surface area contributed by atoms with E-state index < -0.39 is 0 Å². The number of allylic oxidation sites excluding steroid dienone is 5. The second-order valence-electron chi connectivity index (χ2n) is 10.4. The van der Waals surface area contributed by atoms with Crippen LogP contribution in [0.4, 0.5) is 0 Å². The zero-order valence-electron chi connectivity index (χ0n) is 18.9. The predicted molar refractivity (Wildman–Crippen MR) is 126 cm³/mol. The first kappa shape index (κ1) is 21.3. The van der Waals surface area contributed by atoms with Crippen LogP contribution in [0.1, 0.15) is 25.7 Å². The quantitative estimate of drug-likeness (QED) is 0.539. The average molecular weight is 439 g/mol. The lowest BCUT2D eigenvalue weighted by molar-refractivity contribution is -0.0698. The standard InChI is InChI=1S/C26H38N4O2/c1-2-4-17(5-3-1)21-14-22-23(10-11-27-24(22)20-15-28-29-16-20)30-25(21)18-6-8-19(9-7-18)26-31-12-13-32-26/h1-4,6-8,17,19-30H,5,9-16H2. The molecule has 4 heterocycles. The minimum atomic E-state index is -0.0613. The van der Waals surface area contributed by atoms with Crippen LogP contribution in [-0.2, 0) is 9.47 Å². The van der Waals surface area contributed by atoms with Crippen molar-refractivity contribution < 1.29 is 9.47 Å². The van der Waals surface area contributed by atoms with Gasteiger partial charge < -0.3 is 20.1 Å². The largest absolute Gasteiger partial charge is 0.350 e. The number of piperidine rings is 2. The first-order valence-electron chi connectivity index (χ1n) is 12.8. The van der Waals surface area contributed by atoms with Crippen molar-refractivity contribution in [1.29, 1.82) is 0 Å². The summed E-state index contributed by atoms with van der Waals surface area (Å²) in [6.07, 6.45) is 21.1. The van der Waals surface area contributed by atoms with E-state index in [2.05, 4.69) is 64.0 Å². The van der Waals surface area contributed by atoms with Crippen molar-refractivity contribution in [1.82, 2.24) is 21.5 Å². The Kier molecular flexibility index (Phi) is 6.33. The number of hydrazine groups is 1. The van der Waals surface area contributed by atoms with Gasteiger partial charge in [0, 0.05) is 43.1 Å². The van der Waals surface area contributed by atoms with Gasteiger partial charge in [-0.1, -0.05) is 42.5 Å². The van der Waals surface area contributed by atoms with Gasteiger partial charge in [0.2, 0.25) is 0 Å². The monoisotopic (exact) mass is 438 g/mol. The number of fused-ring (bicyclic) bond motifs is 1. The number of nitrogens with one attached hydrogen (secondary N) is 4. The van der Waals surface area contributed by atoms with Gasteiger partial charge in [-0.2, -0.15) is 0 Å². The van der Waals surface area contributed by atoms with Crippen molar-refractivity contribution in [2.75, 3.05) is 32.8 Å². The SMILES string of the molecule is C1=CCC(C2CC3C(CCNC3C3CNNC3)NC2C2=CCC(C3OCCO3)C=C2)C=C1. The Morgan fingerprint density at radius 3 is 2.53 bits per heavy atom. The molecule has 2 aliphatic carbocycles. The van der Waals surface area contributed by atoms with Crippen LogP contribution in [0.25, 0.3) is 0 Å². The molecule has 7 unspecified atom stereocenters. The van der Waals surface area contributed by atoms with Gasteiger partial charge in [-0.25, -0.2) is 0 Å². The maximum Gasteiger partial charge on any atom is 0.164 e. The highest BCUT2D eigenvalue weighted by molar-refractivity contribution is 5.32. The van der Waals surface area contributed by atoms with Gasteiger partial charge in [-0.3, -0.25) is 10.9 Å². The molecule has 0 spiro atoms. The average Bonchev–Trinajstić information content (AvgIpc) is 3.58. The topological polar surface area (TPSA) is 66.6 Å². The molecule has 0 saturated carbocycles. The first-order chi connectivity index (χ1) is 15.9. The molecule has 6 nitrogen and oxygen atoms in total. The minimum Gasteiger partial charge on any atom is -0.350 e. The highest BCUT2D eigenvalue weighted by atomic mass is 16.7. The van der Waals surface area contributed by atoms with Gasteiger partial charge in [-0.05, 0) is 55.6 Å². The van der Waals surface area contributed by atoms with Crippen LogP contribution in [0.15, 0.2) is 48.1 Å². The summed E-state index contributed by atoms with van der Waals surface area (Å²) < 4.78 is 11.5. The van der Waals surface area contributed by atoms with Crippen molar-refractivity contribution in [3.05, 3.63) is 48.1 Å². The first-order valence-corrected chi connectivity index (χ1v) is 12.8. The van der Waals surface area contributed by atoms with E-state index >= 15 is 0 Å². The van der Waals surface area contributed by atoms with Gasteiger partial charge in [0.1, 0.15) is 0 Å².